The number of hydrogen-bond acceptors (Lipinski definition) is 5. The number of thioether (sulfide) groups is 1. The number of carbonyl (C=O) groups is 2. The van der Waals surface area contributed by atoms with Gasteiger partial charge in [-0.3, -0.25) is 14.7 Å². The van der Waals surface area contributed by atoms with Gasteiger partial charge in [0.15, 0.2) is 5.16 Å². The second kappa shape index (κ2) is 8.84. The Morgan fingerprint density at radius 1 is 1.19 bits per heavy atom. The summed E-state index contributed by atoms with van der Waals surface area (Å²) in [6.45, 7) is 1.75. The highest BCUT2D eigenvalue weighted by atomic mass is 32.2. The van der Waals surface area contributed by atoms with E-state index in [4.69, 9.17) is 0 Å². The van der Waals surface area contributed by atoms with E-state index in [0.717, 1.165) is 31.4 Å². The summed E-state index contributed by atoms with van der Waals surface area (Å²) in [5.74, 6) is -0.342. The fourth-order valence-corrected chi connectivity index (χ4v) is 3.81. The average molecular weight is 373 g/mol. The number of carbonyl (C=O) groups excluding carboxylic acids is 2. The van der Waals surface area contributed by atoms with Gasteiger partial charge in [0.1, 0.15) is 6.33 Å². The molecule has 1 saturated carbocycles. The Bertz CT molecular complexity index is 743. The highest BCUT2D eigenvalue weighted by Gasteiger charge is 2.22. The third-order valence-corrected chi connectivity index (χ3v) is 5.44. The van der Waals surface area contributed by atoms with Gasteiger partial charge in [0, 0.05) is 11.7 Å². The minimum absolute atomic E-state index is 0.167. The Morgan fingerprint density at radius 2 is 1.92 bits per heavy atom. The van der Waals surface area contributed by atoms with E-state index in [2.05, 4.69) is 20.8 Å². The molecule has 0 radical (unpaired) electrons. The molecule has 0 aliphatic heterocycles. The third-order valence-electron chi connectivity index (χ3n) is 4.38. The van der Waals surface area contributed by atoms with Gasteiger partial charge in [-0.05, 0) is 31.9 Å². The number of nitrogens with one attached hydrogen (secondary N) is 2. The molecule has 1 unspecified atom stereocenters. The van der Waals surface area contributed by atoms with Gasteiger partial charge in [0.2, 0.25) is 5.91 Å². The fourth-order valence-electron chi connectivity index (χ4n) is 2.96. The molecule has 3 amide bonds. The maximum atomic E-state index is 12.3. The van der Waals surface area contributed by atoms with Gasteiger partial charge in [-0.15, -0.1) is 10.2 Å². The highest BCUT2D eigenvalue weighted by Crippen LogP contribution is 2.23. The van der Waals surface area contributed by atoms with Crippen molar-refractivity contribution in [3.63, 3.8) is 0 Å². The molecule has 1 aromatic carbocycles. The summed E-state index contributed by atoms with van der Waals surface area (Å²) in [7, 11) is 0. The quantitative estimate of drug-likeness (QED) is 0.787. The Hall–Kier alpha value is -2.35. The molecule has 8 heteroatoms. The van der Waals surface area contributed by atoms with Gasteiger partial charge >= 0.3 is 6.03 Å². The summed E-state index contributed by atoms with van der Waals surface area (Å²) in [5.41, 5.74) is 0.919. The number of urea groups is 1. The van der Waals surface area contributed by atoms with Crippen LogP contribution in [0.2, 0.25) is 0 Å². The van der Waals surface area contributed by atoms with E-state index in [-0.39, 0.29) is 11.9 Å². The van der Waals surface area contributed by atoms with Crippen LogP contribution < -0.4 is 10.6 Å². The predicted molar refractivity (Wildman–Crippen MR) is 100 cm³/mol. The minimum atomic E-state index is -0.473. The maximum Gasteiger partial charge on any atom is 0.321 e. The Kier molecular flexibility index (Phi) is 6.27. The zero-order valence-electron chi connectivity index (χ0n) is 14.7. The van der Waals surface area contributed by atoms with Gasteiger partial charge in [-0.2, -0.15) is 0 Å². The van der Waals surface area contributed by atoms with E-state index >= 15 is 0 Å². The number of nitrogens with zero attached hydrogens (tertiary/aromatic N) is 3. The molecule has 1 fully saturated rings. The first-order valence-corrected chi connectivity index (χ1v) is 9.75. The number of imide groups is 1. The van der Waals surface area contributed by atoms with E-state index < -0.39 is 11.3 Å². The Morgan fingerprint density at radius 3 is 2.65 bits per heavy atom. The van der Waals surface area contributed by atoms with E-state index in [1.165, 1.54) is 18.2 Å². The maximum absolute atomic E-state index is 12.3. The molecule has 26 heavy (non-hydrogen) atoms. The highest BCUT2D eigenvalue weighted by molar-refractivity contribution is 8.00. The molecule has 1 aromatic heterocycles. The molecule has 2 aromatic rings. The smallest absolute Gasteiger partial charge is 0.321 e. The summed E-state index contributed by atoms with van der Waals surface area (Å²) in [5, 5.41) is 13.5. The van der Waals surface area contributed by atoms with Crippen molar-refractivity contribution in [2.24, 2.45) is 0 Å². The molecule has 0 spiro atoms. The molecule has 138 valence electrons. The number of hydrogen-bond donors (Lipinski definition) is 2. The molecule has 1 aliphatic carbocycles. The molecular formula is C18H23N5O2S. The first-order chi connectivity index (χ1) is 12.6. The van der Waals surface area contributed by atoms with Crippen LogP contribution in [0.1, 0.15) is 39.0 Å². The van der Waals surface area contributed by atoms with E-state index in [1.54, 1.807) is 13.3 Å². The standard InChI is InChI=1S/C18H23N5O2S/c1-13(16(24)21-17(25)20-14-8-4-2-5-9-14)26-18-22-19-12-23(18)15-10-6-3-7-11-15/h3,6-7,10-14H,2,4-5,8-9H2,1H3,(H2,20,21,24,25). The van der Waals surface area contributed by atoms with Crippen LogP contribution in [0.5, 0.6) is 0 Å². The number of para-hydroxylation sites is 1. The Labute approximate surface area is 157 Å². The monoisotopic (exact) mass is 373 g/mol. The lowest BCUT2D eigenvalue weighted by atomic mass is 9.96. The zero-order chi connectivity index (χ0) is 18.4. The molecule has 1 atom stereocenters. The lowest BCUT2D eigenvalue weighted by molar-refractivity contribution is -0.119. The van der Waals surface area contributed by atoms with Gasteiger partial charge in [0.25, 0.3) is 0 Å². The molecule has 1 aliphatic rings. The van der Waals surface area contributed by atoms with E-state index in [0.29, 0.717) is 5.16 Å². The van der Waals surface area contributed by atoms with Crippen LogP contribution in [0.15, 0.2) is 41.8 Å². The second-order valence-electron chi connectivity index (χ2n) is 6.38. The zero-order valence-corrected chi connectivity index (χ0v) is 15.5. The van der Waals surface area contributed by atoms with Crippen LogP contribution >= 0.6 is 11.8 Å². The van der Waals surface area contributed by atoms with Crippen molar-refractivity contribution < 1.29 is 9.59 Å². The van der Waals surface area contributed by atoms with Crippen LogP contribution in [0, 0.1) is 0 Å². The van der Waals surface area contributed by atoms with E-state index in [1.807, 2.05) is 34.9 Å². The van der Waals surface area contributed by atoms with Crippen LogP contribution in [0.25, 0.3) is 5.69 Å². The summed E-state index contributed by atoms with van der Waals surface area (Å²) < 4.78 is 1.82. The average Bonchev–Trinajstić information content (AvgIpc) is 3.11. The van der Waals surface area contributed by atoms with Crippen molar-refractivity contribution in [3.8, 4) is 5.69 Å². The summed E-state index contributed by atoms with van der Waals surface area (Å²) >= 11 is 1.27. The predicted octanol–water partition coefficient (Wildman–Crippen LogP) is 2.91. The number of rotatable bonds is 5. The lowest BCUT2D eigenvalue weighted by Gasteiger charge is -2.23. The van der Waals surface area contributed by atoms with Crippen molar-refractivity contribution in [3.05, 3.63) is 36.7 Å². The van der Waals surface area contributed by atoms with Crippen molar-refractivity contribution in [2.75, 3.05) is 0 Å². The number of benzene rings is 1. The van der Waals surface area contributed by atoms with Crippen LogP contribution in [-0.4, -0.2) is 38.0 Å². The topological polar surface area (TPSA) is 88.9 Å². The molecular weight excluding hydrogens is 350 g/mol. The SMILES string of the molecule is CC(Sc1nncn1-c1ccccc1)C(=O)NC(=O)NC1CCCCC1. The van der Waals surface area contributed by atoms with Crippen molar-refractivity contribution in [2.45, 2.75) is 55.5 Å². The van der Waals surface area contributed by atoms with Crippen molar-refractivity contribution in [1.29, 1.82) is 0 Å². The Balaban J connectivity index is 1.55. The van der Waals surface area contributed by atoms with Gasteiger partial charge in [0.05, 0.1) is 5.25 Å². The second-order valence-corrected chi connectivity index (χ2v) is 7.68. The molecule has 0 bridgehead atoms. The van der Waals surface area contributed by atoms with Crippen LogP contribution in [0.3, 0.4) is 0 Å². The van der Waals surface area contributed by atoms with Crippen LogP contribution in [0.4, 0.5) is 4.79 Å². The first kappa shape index (κ1) is 18.4. The summed E-state index contributed by atoms with van der Waals surface area (Å²) in [6.07, 6.45) is 7.03. The third kappa shape index (κ3) is 4.85. The molecule has 7 nitrogen and oxygen atoms in total. The van der Waals surface area contributed by atoms with Crippen molar-refractivity contribution in [1.82, 2.24) is 25.4 Å². The number of amides is 3. The van der Waals surface area contributed by atoms with Gasteiger partial charge in [-0.1, -0.05) is 49.2 Å². The summed E-state index contributed by atoms with van der Waals surface area (Å²) in [6, 6.07) is 9.41. The van der Waals surface area contributed by atoms with Gasteiger partial charge in [-0.25, -0.2) is 4.79 Å². The fraction of sp³-hybridized carbons (Fsp3) is 0.444. The van der Waals surface area contributed by atoms with Crippen molar-refractivity contribution >= 4 is 23.7 Å². The van der Waals surface area contributed by atoms with Gasteiger partial charge < -0.3 is 5.32 Å². The number of aromatic nitrogens is 3. The molecule has 2 N–H and O–H groups in total. The normalized spacial score (nSPS) is 16.0. The lowest BCUT2D eigenvalue weighted by Crippen LogP contribution is -2.47. The van der Waals surface area contributed by atoms with E-state index in [9.17, 15) is 9.59 Å². The first-order valence-electron chi connectivity index (χ1n) is 8.87. The molecule has 0 saturated heterocycles. The largest absolute Gasteiger partial charge is 0.335 e. The molecule has 1 heterocycles. The minimum Gasteiger partial charge on any atom is -0.335 e. The summed E-state index contributed by atoms with van der Waals surface area (Å²) in [4.78, 5) is 24.4. The molecule has 3 rings (SSSR count). The van der Waals surface area contributed by atoms with Crippen LogP contribution in [-0.2, 0) is 4.79 Å².